The maximum Gasteiger partial charge on any atom is 0.130 e. The third-order valence-corrected chi connectivity index (χ3v) is 2.43. The lowest BCUT2D eigenvalue weighted by molar-refractivity contribution is -0.111. The quantitative estimate of drug-likeness (QED) is 0.744. The molecule has 0 atom stereocenters. The van der Waals surface area contributed by atoms with Crippen molar-refractivity contribution in [1.29, 1.82) is 0 Å². The fraction of sp³-hybridized carbons (Fsp3) is 0.417. The van der Waals surface area contributed by atoms with E-state index in [-0.39, 0.29) is 0 Å². The minimum Gasteiger partial charge on any atom is -0.388 e. The van der Waals surface area contributed by atoms with E-state index < -0.39 is 5.41 Å². The molecule has 0 unspecified atom stereocenters. The lowest BCUT2D eigenvalue weighted by atomic mass is 9.84. The summed E-state index contributed by atoms with van der Waals surface area (Å²) in [7, 11) is 1.87. The smallest absolute Gasteiger partial charge is 0.130 e. The number of aldehydes is 1. The van der Waals surface area contributed by atoms with Crippen LogP contribution in [0.1, 0.15) is 25.0 Å². The molecule has 0 aromatic heterocycles. The summed E-state index contributed by atoms with van der Waals surface area (Å²) in [5.41, 5.74) is 2.84. The molecule has 1 aromatic rings. The summed E-state index contributed by atoms with van der Waals surface area (Å²) in [4.78, 5) is 11.0. The summed E-state index contributed by atoms with van der Waals surface area (Å²) in [6.45, 7) is 5.88. The normalized spacial score (nSPS) is 11.1. The first-order valence-corrected chi connectivity index (χ1v) is 4.76. The van der Waals surface area contributed by atoms with E-state index in [0.29, 0.717) is 0 Å². The molecular weight excluding hydrogens is 174 g/mol. The number of carbonyl (C=O) groups is 1. The van der Waals surface area contributed by atoms with E-state index in [1.54, 1.807) is 0 Å². The Morgan fingerprint density at radius 1 is 1.36 bits per heavy atom. The van der Waals surface area contributed by atoms with Gasteiger partial charge in [0.15, 0.2) is 0 Å². The largest absolute Gasteiger partial charge is 0.388 e. The number of rotatable bonds is 3. The highest BCUT2D eigenvalue weighted by Crippen LogP contribution is 2.28. The maximum absolute atomic E-state index is 11.0. The Balaban J connectivity index is 3.27. The second-order valence-electron chi connectivity index (χ2n) is 4.14. The van der Waals surface area contributed by atoms with Gasteiger partial charge in [-0.2, -0.15) is 0 Å². The van der Waals surface area contributed by atoms with E-state index in [9.17, 15) is 4.79 Å². The van der Waals surface area contributed by atoms with Gasteiger partial charge in [-0.3, -0.25) is 0 Å². The second-order valence-corrected chi connectivity index (χ2v) is 4.14. The Bertz CT molecular complexity index is 342. The van der Waals surface area contributed by atoms with E-state index >= 15 is 0 Å². The molecule has 1 N–H and O–H groups in total. The average molecular weight is 191 g/mol. The molecule has 2 heteroatoms. The van der Waals surface area contributed by atoms with Crippen molar-refractivity contribution in [3.63, 3.8) is 0 Å². The molecule has 1 aromatic carbocycles. The van der Waals surface area contributed by atoms with E-state index in [4.69, 9.17) is 0 Å². The second kappa shape index (κ2) is 3.82. The molecule has 0 saturated carbocycles. The van der Waals surface area contributed by atoms with Crippen LogP contribution in [0.3, 0.4) is 0 Å². The Labute approximate surface area is 85.3 Å². The molecule has 0 aliphatic heterocycles. The summed E-state index contributed by atoms with van der Waals surface area (Å²) in [6.07, 6.45) is 0.985. The minimum absolute atomic E-state index is 0.425. The lowest BCUT2D eigenvalue weighted by Gasteiger charge is -2.21. The lowest BCUT2D eigenvalue weighted by Crippen LogP contribution is -2.20. The molecule has 0 aliphatic carbocycles. The Morgan fingerprint density at radius 2 is 2.00 bits per heavy atom. The van der Waals surface area contributed by atoms with Gasteiger partial charge in [0.2, 0.25) is 0 Å². The zero-order valence-electron chi connectivity index (χ0n) is 9.22. The highest BCUT2D eigenvalue weighted by Gasteiger charge is 2.22. The van der Waals surface area contributed by atoms with Crippen LogP contribution < -0.4 is 5.32 Å². The average Bonchev–Trinajstić information content (AvgIpc) is 2.17. The van der Waals surface area contributed by atoms with Crippen LogP contribution in [0.25, 0.3) is 0 Å². The number of hydrogen-bond acceptors (Lipinski definition) is 2. The Hall–Kier alpha value is -1.31. The standard InChI is InChI=1S/C12H17NO/c1-9-5-6-10(11(7-9)13-4)12(2,3)8-14/h5-8,13H,1-4H3. The van der Waals surface area contributed by atoms with Crippen LogP contribution in [0, 0.1) is 6.92 Å². The SMILES string of the molecule is CNc1cc(C)ccc1C(C)(C)C=O. The van der Waals surface area contributed by atoms with Crippen molar-refractivity contribution in [3.05, 3.63) is 29.3 Å². The van der Waals surface area contributed by atoms with Crippen LogP contribution >= 0.6 is 0 Å². The van der Waals surface area contributed by atoms with Gasteiger partial charge in [-0.05, 0) is 38.0 Å². The molecular formula is C12H17NO. The molecule has 14 heavy (non-hydrogen) atoms. The van der Waals surface area contributed by atoms with E-state index in [0.717, 1.165) is 17.5 Å². The first-order valence-electron chi connectivity index (χ1n) is 4.76. The van der Waals surface area contributed by atoms with Crippen LogP contribution in [0.5, 0.6) is 0 Å². The van der Waals surface area contributed by atoms with Crippen LogP contribution in [0.4, 0.5) is 5.69 Å². The topological polar surface area (TPSA) is 29.1 Å². The molecule has 0 aliphatic rings. The van der Waals surface area contributed by atoms with Crippen LogP contribution in [0.15, 0.2) is 18.2 Å². The third kappa shape index (κ3) is 1.95. The fourth-order valence-electron chi connectivity index (χ4n) is 1.49. The Kier molecular flexibility index (Phi) is 2.94. The van der Waals surface area contributed by atoms with Crippen LogP contribution in [0.2, 0.25) is 0 Å². The van der Waals surface area contributed by atoms with E-state index in [2.05, 4.69) is 11.4 Å². The number of aryl methyl sites for hydroxylation is 1. The summed E-state index contributed by atoms with van der Waals surface area (Å²) >= 11 is 0. The molecule has 76 valence electrons. The van der Waals surface area contributed by atoms with Gasteiger partial charge in [-0.25, -0.2) is 0 Å². The molecule has 0 radical (unpaired) electrons. The van der Waals surface area contributed by atoms with Crippen molar-refractivity contribution in [1.82, 2.24) is 0 Å². The fourth-order valence-corrected chi connectivity index (χ4v) is 1.49. The van der Waals surface area contributed by atoms with Gasteiger partial charge in [0.1, 0.15) is 6.29 Å². The summed E-state index contributed by atoms with van der Waals surface area (Å²) < 4.78 is 0. The van der Waals surface area contributed by atoms with Gasteiger partial charge >= 0.3 is 0 Å². The van der Waals surface area contributed by atoms with E-state index in [1.807, 2.05) is 40.0 Å². The van der Waals surface area contributed by atoms with E-state index in [1.165, 1.54) is 5.56 Å². The molecule has 1 rings (SSSR count). The first-order chi connectivity index (χ1) is 6.51. The van der Waals surface area contributed by atoms with Crippen molar-refractivity contribution in [3.8, 4) is 0 Å². The van der Waals surface area contributed by atoms with Crippen LogP contribution in [-0.2, 0) is 10.2 Å². The van der Waals surface area contributed by atoms with Gasteiger partial charge in [0, 0.05) is 18.2 Å². The number of hydrogen-bond donors (Lipinski definition) is 1. The Morgan fingerprint density at radius 3 is 2.50 bits per heavy atom. The van der Waals surface area contributed by atoms with Crippen molar-refractivity contribution >= 4 is 12.0 Å². The molecule has 0 heterocycles. The van der Waals surface area contributed by atoms with Gasteiger partial charge in [-0.15, -0.1) is 0 Å². The zero-order chi connectivity index (χ0) is 10.8. The van der Waals surface area contributed by atoms with Gasteiger partial charge < -0.3 is 10.1 Å². The number of anilines is 1. The molecule has 0 fully saturated rings. The van der Waals surface area contributed by atoms with Gasteiger partial charge in [0.05, 0.1) is 0 Å². The monoisotopic (exact) mass is 191 g/mol. The highest BCUT2D eigenvalue weighted by atomic mass is 16.1. The van der Waals surface area contributed by atoms with Crippen molar-refractivity contribution in [2.75, 3.05) is 12.4 Å². The molecule has 0 saturated heterocycles. The molecule has 0 spiro atoms. The predicted octanol–water partition coefficient (Wildman–Crippen LogP) is 2.51. The predicted molar refractivity (Wildman–Crippen MR) is 59.8 cm³/mol. The van der Waals surface area contributed by atoms with Gasteiger partial charge in [-0.1, -0.05) is 12.1 Å². The zero-order valence-corrected chi connectivity index (χ0v) is 9.22. The summed E-state index contributed by atoms with van der Waals surface area (Å²) in [6, 6.07) is 6.09. The van der Waals surface area contributed by atoms with Crippen molar-refractivity contribution in [2.24, 2.45) is 0 Å². The van der Waals surface area contributed by atoms with Crippen LogP contribution in [-0.4, -0.2) is 13.3 Å². The molecule has 0 amide bonds. The molecule has 0 bridgehead atoms. The third-order valence-electron chi connectivity index (χ3n) is 2.43. The van der Waals surface area contributed by atoms with Crippen molar-refractivity contribution < 1.29 is 4.79 Å². The highest BCUT2D eigenvalue weighted by molar-refractivity contribution is 5.72. The number of nitrogens with one attached hydrogen (secondary N) is 1. The summed E-state index contributed by atoms with van der Waals surface area (Å²) in [5.74, 6) is 0. The number of benzene rings is 1. The first kappa shape index (κ1) is 10.8. The number of carbonyl (C=O) groups excluding carboxylic acids is 1. The van der Waals surface area contributed by atoms with Gasteiger partial charge in [0.25, 0.3) is 0 Å². The molecule has 2 nitrogen and oxygen atoms in total. The minimum atomic E-state index is -0.425. The summed E-state index contributed by atoms with van der Waals surface area (Å²) in [5, 5.41) is 3.12. The van der Waals surface area contributed by atoms with Crippen molar-refractivity contribution in [2.45, 2.75) is 26.2 Å². The maximum atomic E-state index is 11.0.